The number of rotatable bonds is 24. The number of carbonyl (C=O) groups excluding carboxylic acids is 4. The van der Waals surface area contributed by atoms with Crippen LogP contribution in [0.1, 0.15) is 183 Å². The van der Waals surface area contributed by atoms with Crippen LogP contribution in [0.5, 0.6) is 0 Å². The van der Waals surface area contributed by atoms with Crippen LogP contribution in [0.15, 0.2) is 56.3 Å². The van der Waals surface area contributed by atoms with Crippen LogP contribution < -0.4 is 5.63 Å². The summed E-state index contributed by atoms with van der Waals surface area (Å²) in [5.74, 6) is -1.13. The first kappa shape index (κ1) is 60.6. The molecule has 0 radical (unpaired) electrons. The highest BCUT2D eigenvalue weighted by Gasteiger charge is 2.04. The fourth-order valence-corrected chi connectivity index (χ4v) is 4.83. The van der Waals surface area contributed by atoms with Gasteiger partial charge in [-0.25, -0.2) is 14.4 Å². The van der Waals surface area contributed by atoms with Gasteiger partial charge in [0.05, 0.1) is 13.0 Å². The maximum atomic E-state index is 11.3. The first-order chi connectivity index (χ1) is 27.3. The molecule has 0 aromatic carbocycles. The molecule has 0 aliphatic heterocycles. The van der Waals surface area contributed by atoms with E-state index in [1.165, 1.54) is 31.1 Å². The predicted octanol–water partition coefficient (Wildman–Crippen LogP) is 11.6. The maximum absolute atomic E-state index is 11.3. The molecule has 0 saturated carbocycles. The SMILES string of the molecule is CCCCCC(=O)/C=C(\C)CC(=O)O.CCCCCC(=O)C/C(C)=C/C(=O)O.CCCCCC(=O)Cl.CCCCCc1cc(C)cc(=O)o1.CCOC(=O)C=C(C)C. The average Bonchev–Trinajstić information content (AvgIpc) is 3.08. The number of allylic oxidation sites excluding steroid dienone is 3. The molecule has 0 aliphatic rings. The first-order valence-electron chi connectivity index (χ1n) is 20.7. The van der Waals surface area contributed by atoms with Crippen LogP contribution in [-0.4, -0.2) is 51.5 Å². The lowest BCUT2D eigenvalue weighted by atomic mass is 10.1. The van der Waals surface area contributed by atoms with Gasteiger partial charge in [-0.2, -0.15) is 0 Å². The molecule has 0 spiro atoms. The molecule has 58 heavy (non-hydrogen) atoms. The number of hydrogen-bond acceptors (Lipinski definition) is 9. The van der Waals surface area contributed by atoms with Gasteiger partial charge in [-0.3, -0.25) is 19.2 Å². The molecule has 0 amide bonds. The number of ketones is 2. The molecule has 2 N–H and O–H groups in total. The number of esters is 1. The third kappa shape index (κ3) is 51.9. The number of hydrogen-bond donors (Lipinski definition) is 2. The van der Waals surface area contributed by atoms with E-state index in [1.54, 1.807) is 20.8 Å². The van der Waals surface area contributed by atoms with Crippen molar-refractivity contribution in [3.05, 3.63) is 68.8 Å². The van der Waals surface area contributed by atoms with Crippen molar-refractivity contribution in [1.29, 1.82) is 0 Å². The number of aliphatic carboxylic acids is 2. The lowest BCUT2D eigenvalue weighted by Crippen LogP contribution is -2.00. The summed E-state index contributed by atoms with van der Waals surface area (Å²) in [5.41, 5.74) is 2.97. The normalized spacial score (nSPS) is 10.4. The Bertz CT molecular complexity index is 1450. The summed E-state index contributed by atoms with van der Waals surface area (Å²) in [7, 11) is 0. The summed E-state index contributed by atoms with van der Waals surface area (Å²) in [6, 6.07) is 3.46. The number of carboxylic acids is 2. The Morgan fingerprint density at radius 1 is 0.672 bits per heavy atom. The molecule has 0 saturated heterocycles. The molecule has 0 atom stereocenters. The number of carbonyl (C=O) groups is 6. The van der Waals surface area contributed by atoms with Gasteiger partial charge >= 0.3 is 23.5 Å². The Morgan fingerprint density at radius 3 is 1.62 bits per heavy atom. The van der Waals surface area contributed by atoms with E-state index in [2.05, 4.69) is 32.4 Å². The third-order valence-corrected chi connectivity index (χ3v) is 7.62. The summed E-state index contributed by atoms with van der Waals surface area (Å²) in [6.45, 7) is 19.6. The van der Waals surface area contributed by atoms with Crippen molar-refractivity contribution in [2.24, 2.45) is 0 Å². The zero-order valence-corrected chi connectivity index (χ0v) is 38.0. The highest BCUT2D eigenvalue weighted by Crippen LogP contribution is 2.08. The molecule has 1 aromatic rings. The highest BCUT2D eigenvalue weighted by atomic mass is 35.5. The van der Waals surface area contributed by atoms with E-state index < -0.39 is 11.9 Å². The van der Waals surface area contributed by atoms with Crippen molar-refractivity contribution in [3.8, 4) is 0 Å². The topological polar surface area (TPSA) is 182 Å². The molecule has 332 valence electrons. The molecule has 0 unspecified atom stereocenters. The van der Waals surface area contributed by atoms with Crippen molar-refractivity contribution >= 4 is 46.3 Å². The summed E-state index contributed by atoms with van der Waals surface area (Å²) in [6.07, 6.45) is 19.6. The lowest BCUT2D eigenvalue weighted by Gasteiger charge is -1.99. The first-order valence-corrected chi connectivity index (χ1v) is 21.1. The fourth-order valence-electron chi connectivity index (χ4n) is 4.69. The summed E-state index contributed by atoms with van der Waals surface area (Å²) in [5, 5.41) is 16.7. The Labute approximate surface area is 353 Å². The van der Waals surface area contributed by atoms with Crippen LogP contribution in [-0.2, 0) is 39.9 Å². The zero-order valence-electron chi connectivity index (χ0n) is 37.3. The molecule has 12 heteroatoms. The second-order valence-corrected chi connectivity index (χ2v) is 14.6. The Hall–Kier alpha value is -4.12. The standard InChI is InChI=1S/2C11H18O3.C11H16O2.C7H12O2.C6H11ClO/c2*1-3-4-5-6-10(12)7-9(2)8-11(13)14;1-3-4-5-6-10-7-9(2)8-11(12)13-10;1-4-9-7(8)5-6(2)3;1-2-3-4-5-6(7)8/h8H,3-7H2,1-2H3,(H,13,14);7H,3-6,8H2,1-2H3,(H,13,14);7-8H,3-6H2,1-2H3;5H,4H2,1-3H3;2-5H2,1H3/b9-8+;9-7+;;;. The Morgan fingerprint density at radius 2 is 1.17 bits per heavy atom. The van der Waals surface area contributed by atoms with Crippen molar-refractivity contribution in [1.82, 2.24) is 0 Å². The van der Waals surface area contributed by atoms with E-state index in [1.807, 2.05) is 26.8 Å². The van der Waals surface area contributed by atoms with E-state index in [4.69, 9.17) is 26.2 Å². The molecule has 0 bridgehead atoms. The van der Waals surface area contributed by atoms with Gasteiger partial charge in [0.25, 0.3) is 0 Å². The van der Waals surface area contributed by atoms with E-state index in [9.17, 15) is 33.6 Å². The van der Waals surface area contributed by atoms with E-state index in [0.29, 0.717) is 37.0 Å². The maximum Gasteiger partial charge on any atom is 0.336 e. The van der Waals surface area contributed by atoms with Crippen LogP contribution in [0, 0.1) is 6.92 Å². The van der Waals surface area contributed by atoms with Crippen molar-refractivity contribution in [2.75, 3.05) is 6.61 Å². The number of carboxylic acid groups (broad SMARTS) is 2. The van der Waals surface area contributed by atoms with Crippen molar-refractivity contribution in [3.63, 3.8) is 0 Å². The molecular weight excluding hydrogens is 764 g/mol. The lowest BCUT2D eigenvalue weighted by molar-refractivity contribution is -0.137. The number of ether oxygens (including phenoxy) is 1. The minimum atomic E-state index is -0.983. The van der Waals surface area contributed by atoms with E-state index >= 15 is 0 Å². The third-order valence-electron chi connectivity index (χ3n) is 7.43. The molecular formula is C46H75ClO11. The van der Waals surface area contributed by atoms with Crippen LogP contribution in [0.2, 0.25) is 0 Å². The average molecular weight is 840 g/mol. The van der Waals surface area contributed by atoms with Gasteiger partial charge in [0.1, 0.15) is 11.5 Å². The van der Waals surface area contributed by atoms with Crippen LogP contribution in [0.25, 0.3) is 0 Å². The monoisotopic (exact) mass is 838 g/mol. The van der Waals surface area contributed by atoms with Crippen molar-refractivity contribution in [2.45, 2.75) is 185 Å². The van der Waals surface area contributed by atoms with Gasteiger partial charge in [-0.15, -0.1) is 0 Å². The van der Waals surface area contributed by atoms with Crippen LogP contribution in [0.3, 0.4) is 0 Å². The van der Waals surface area contributed by atoms with Gasteiger partial charge in [-0.05, 0) is 96.5 Å². The molecule has 1 aromatic heterocycles. The van der Waals surface area contributed by atoms with Crippen LogP contribution >= 0.6 is 11.6 Å². The minimum absolute atomic E-state index is 0.0391. The summed E-state index contributed by atoms with van der Waals surface area (Å²) in [4.78, 5) is 74.7. The summed E-state index contributed by atoms with van der Waals surface area (Å²) < 4.78 is 9.69. The largest absolute Gasteiger partial charge is 0.481 e. The van der Waals surface area contributed by atoms with Gasteiger partial charge < -0.3 is 19.4 Å². The van der Waals surface area contributed by atoms with E-state index in [0.717, 1.165) is 93.6 Å². The van der Waals surface area contributed by atoms with Gasteiger partial charge in [0.15, 0.2) is 5.78 Å². The Balaban J connectivity index is -0.000000319. The zero-order chi connectivity index (χ0) is 45.3. The number of Topliss-reactive ketones (excluding diaryl/α,β-unsaturated/α-hetero) is 1. The summed E-state index contributed by atoms with van der Waals surface area (Å²) >= 11 is 5.07. The molecule has 0 fully saturated rings. The van der Waals surface area contributed by atoms with Gasteiger partial charge in [0.2, 0.25) is 5.24 Å². The molecule has 0 aliphatic carbocycles. The van der Waals surface area contributed by atoms with Gasteiger partial charge in [-0.1, -0.05) is 95.8 Å². The van der Waals surface area contributed by atoms with Gasteiger partial charge in [0, 0.05) is 50.3 Å². The molecule has 1 heterocycles. The fraction of sp³-hybridized carbons (Fsp3) is 0.630. The number of aryl methyl sites for hydroxylation is 2. The highest BCUT2D eigenvalue weighted by molar-refractivity contribution is 6.63. The minimum Gasteiger partial charge on any atom is -0.481 e. The Kier molecular flexibility index (Phi) is 44.4. The van der Waals surface area contributed by atoms with E-state index in [-0.39, 0.29) is 41.2 Å². The smallest absolute Gasteiger partial charge is 0.336 e. The predicted molar refractivity (Wildman–Crippen MR) is 234 cm³/mol. The quantitative estimate of drug-likeness (QED) is 0.0437. The van der Waals surface area contributed by atoms with Crippen LogP contribution in [0.4, 0.5) is 0 Å². The molecule has 1 rings (SSSR count). The number of halogens is 1. The van der Waals surface area contributed by atoms with Crippen molar-refractivity contribution < 1.29 is 48.1 Å². The second-order valence-electron chi connectivity index (χ2n) is 14.1. The molecule has 11 nitrogen and oxygen atoms in total. The second kappa shape index (κ2) is 42.5. The number of unbranched alkanes of at least 4 members (excludes halogenated alkanes) is 8.